The zero-order valence-electron chi connectivity index (χ0n) is 26.0. The molecule has 0 aliphatic rings. The third-order valence-corrected chi connectivity index (χ3v) is 6.69. The van der Waals surface area contributed by atoms with Crippen LogP contribution < -0.4 is 25.3 Å². The van der Waals surface area contributed by atoms with E-state index >= 15 is 0 Å². The number of ether oxygens (including phenoxy) is 5. The van der Waals surface area contributed by atoms with Crippen molar-refractivity contribution in [2.75, 3.05) is 40.1 Å². The summed E-state index contributed by atoms with van der Waals surface area (Å²) in [6, 6.07) is 8.06. The lowest BCUT2D eigenvalue weighted by molar-refractivity contribution is 0.0523. The summed E-state index contributed by atoms with van der Waals surface area (Å²) >= 11 is 0. The molecule has 0 aliphatic carbocycles. The van der Waals surface area contributed by atoms with Crippen molar-refractivity contribution < 1.29 is 33.3 Å². The number of rotatable bonds is 13. The van der Waals surface area contributed by atoms with Gasteiger partial charge in [0, 0.05) is 32.0 Å². The number of nitrogens with zero attached hydrogens (tertiary/aromatic N) is 4. The molecular formula is C32H38N4O8. The third kappa shape index (κ3) is 6.60. The van der Waals surface area contributed by atoms with Gasteiger partial charge in [-0.15, -0.1) is 0 Å². The minimum absolute atomic E-state index is 0.00620. The third-order valence-electron chi connectivity index (χ3n) is 6.69. The topological polar surface area (TPSA) is 132 Å². The first kappa shape index (κ1) is 32.2. The van der Waals surface area contributed by atoms with Gasteiger partial charge in [0.25, 0.3) is 11.5 Å². The SMILES string of the molecule is CCOC(=O)c1cc2c(=O)n3cccc(C)c3nc2n(CCCOC)c1=NC(=O)c1cc(OCC)c(OCC)c(OCC)c1. The monoisotopic (exact) mass is 606 g/mol. The maximum Gasteiger partial charge on any atom is 0.341 e. The predicted molar refractivity (Wildman–Crippen MR) is 164 cm³/mol. The fraction of sp³-hybridized carbons (Fsp3) is 0.406. The number of fused-ring (bicyclic) bond motifs is 2. The van der Waals surface area contributed by atoms with Crippen LogP contribution >= 0.6 is 0 Å². The van der Waals surface area contributed by atoms with Crippen molar-refractivity contribution in [1.29, 1.82) is 0 Å². The van der Waals surface area contributed by atoms with Crippen LogP contribution in [0.25, 0.3) is 16.7 Å². The molecule has 3 aromatic heterocycles. The highest BCUT2D eigenvalue weighted by Gasteiger charge is 2.22. The lowest BCUT2D eigenvalue weighted by Gasteiger charge is -2.17. The standard InChI is InChI=1S/C32H38N4O8/c1-7-41-24-17-21(18-25(42-8-2)26(24)43-9-3)30(37)34-29-23(32(39)44-10-4)19-22-28(35(29)15-12-16-40-6)33-27-20(5)13-11-14-36(27)31(22)38/h11,13-14,17-19H,7-10,12,15-16H2,1-6H3. The van der Waals surface area contributed by atoms with Gasteiger partial charge in [-0.1, -0.05) is 6.07 Å². The Hall–Kier alpha value is -4.71. The van der Waals surface area contributed by atoms with Crippen LogP contribution in [0.1, 0.15) is 60.4 Å². The maximum absolute atomic E-state index is 13.9. The van der Waals surface area contributed by atoms with Crippen LogP contribution in [0, 0.1) is 6.92 Å². The van der Waals surface area contributed by atoms with Crippen molar-refractivity contribution in [1.82, 2.24) is 14.0 Å². The van der Waals surface area contributed by atoms with E-state index in [1.807, 2.05) is 33.8 Å². The fourth-order valence-corrected chi connectivity index (χ4v) is 4.82. The minimum Gasteiger partial charge on any atom is -0.490 e. The molecule has 0 spiro atoms. The molecule has 0 N–H and O–H groups in total. The number of aryl methyl sites for hydroxylation is 2. The second kappa shape index (κ2) is 14.6. The molecule has 44 heavy (non-hydrogen) atoms. The molecule has 0 radical (unpaired) electrons. The molecule has 0 aliphatic heterocycles. The average Bonchev–Trinajstić information content (AvgIpc) is 3.00. The summed E-state index contributed by atoms with van der Waals surface area (Å²) in [5.74, 6) is -0.367. The Balaban J connectivity index is 2.08. The molecule has 12 heteroatoms. The molecule has 0 saturated heterocycles. The summed E-state index contributed by atoms with van der Waals surface area (Å²) < 4.78 is 31.0. The van der Waals surface area contributed by atoms with E-state index in [-0.39, 0.29) is 46.4 Å². The Labute approximate surface area is 254 Å². The van der Waals surface area contributed by atoms with E-state index in [0.717, 1.165) is 5.56 Å². The molecule has 0 fully saturated rings. The van der Waals surface area contributed by atoms with Gasteiger partial charge < -0.3 is 28.3 Å². The number of pyridine rings is 2. The van der Waals surface area contributed by atoms with Gasteiger partial charge in [0.15, 0.2) is 17.0 Å². The molecule has 234 valence electrons. The summed E-state index contributed by atoms with van der Waals surface area (Å²) in [5.41, 5.74) is 1.25. The summed E-state index contributed by atoms with van der Waals surface area (Å²) in [7, 11) is 1.58. The van der Waals surface area contributed by atoms with Gasteiger partial charge in [-0.25, -0.2) is 9.78 Å². The second-order valence-corrected chi connectivity index (χ2v) is 9.66. The lowest BCUT2D eigenvalue weighted by atomic mass is 10.1. The number of esters is 1. The molecule has 1 aromatic carbocycles. The molecule has 0 bridgehead atoms. The number of hydrogen-bond donors (Lipinski definition) is 0. The average molecular weight is 607 g/mol. The molecule has 4 rings (SSSR count). The maximum atomic E-state index is 13.9. The van der Waals surface area contributed by atoms with E-state index in [0.29, 0.717) is 55.7 Å². The van der Waals surface area contributed by atoms with Crippen molar-refractivity contribution in [3.63, 3.8) is 0 Å². The Kier molecular flexibility index (Phi) is 10.7. The van der Waals surface area contributed by atoms with Crippen molar-refractivity contribution in [2.45, 2.75) is 47.6 Å². The van der Waals surface area contributed by atoms with Crippen LogP contribution in [-0.4, -0.2) is 66.0 Å². The first-order valence-electron chi connectivity index (χ1n) is 14.7. The summed E-state index contributed by atoms with van der Waals surface area (Å²) in [4.78, 5) is 50.2. The molecule has 0 unspecified atom stereocenters. The number of amides is 1. The van der Waals surface area contributed by atoms with E-state index in [9.17, 15) is 14.4 Å². The summed E-state index contributed by atoms with van der Waals surface area (Å²) in [6.45, 7) is 10.7. The van der Waals surface area contributed by atoms with Crippen LogP contribution in [0.15, 0.2) is 46.3 Å². The minimum atomic E-state index is -0.730. The van der Waals surface area contributed by atoms with Gasteiger partial charge in [0.05, 0.1) is 31.8 Å². The number of methoxy groups -OCH3 is 1. The molecule has 4 aromatic rings. The smallest absolute Gasteiger partial charge is 0.341 e. The molecular weight excluding hydrogens is 568 g/mol. The predicted octanol–water partition coefficient (Wildman–Crippen LogP) is 4.11. The molecule has 3 heterocycles. The molecule has 12 nitrogen and oxygen atoms in total. The first-order valence-corrected chi connectivity index (χ1v) is 14.7. The Morgan fingerprint density at radius 1 is 0.932 bits per heavy atom. The zero-order valence-corrected chi connectivity index (χ0v) is 26.0. The normalized spacial score (nSPS) is 11.6. The highest BCUT2D eigenvalue weighted by Crippen LogP contribution is 2.39. The number of hydrogen-bond acceptors (Lipinski definition) is 9. The number of aromatic nitrogens is 3. The van der Waals surface area contributed by atoms with E-state index in [1.165, 1.54) is 22.6 Å². The number of carbonyl (C=O) groups excluding carboxylic acids is 2. The van der Waals surface area contributed by atoms with Gasteiger partial charge in [0.2, 0.25) is 5.75 Å². The fourth-order valence-electron chi connectivity index (χ4n) is 4.82. The van der Waals surface area contributed by atoms with Gasteiger partial charge in [-0.2, -0.15) is 4.99 Å². The lowest BCUT2D eigenvalue weighted by Crippen LogP contribution is -2.33. The molecule has 0 atom stereocenters. The van der Waals surface area contributed by atoms with Gasteiger partial charge in [0.1, 0.15) is 16.9 Å². The van der Waals surface area contributed by atoms with Crippen LogP contribution in [-0.2, 0) is 16.0 Å². The Morgan fingerprint density at radius 3 is 2.23 bits per heavy atom. The van der Waals surface area contributed by atoms with E-state index in [1.54, 1.807) is 30.9 Å². The van der Waals surface area contributed by atoms with E-state index < -0.39 is 11.9 Å². The van der Waals surface area contributed by atoms with Gasteiger partial charge in [-0.3, -0.25) is 14.0 Å². The van der Waals surface area contributed by atoms with E-state index in [4.69, 9.17) is 28.7 Å². The van der Waals surface area contributed by atoms with Crippen molar-refractivity contribution >= 4 is 28.6 Å². The Bertz CT molecular complexity index is 1780. The van der Waals surface area contributed by atoms with Crippen molar-refractivity contribution in [3.05, 3.63) is 69.1 Å². The quantitative estimate of drug-likeness (QED) is 0.125. The Morgan fingerprint density at radius 2 is 1.61 bits per heavy atom. The van der Waals surface area contributed by atoms with Gasteiger partial charge >= 0.3 is 5.97 Å². The van der Waals surface area contributed by atoms with Crippen LogP contribution in [0.4, 0.5) is 0 Å². The summed E-state index contributed by atoms with van der Waals surface area (Å²) in [6.07, 6.45) is 2.11. The van der Waals surface area contributed by atoms with Crippen LogP contribution in [0.3, 0.4) is 0 Å². The number of carbonyl (C=O) groups is 2. The summed E-state index contributed by atoms with van der Waals surface area (Å²) in [5, 5.41) is 0.179. The highest BCUT2D eigenvalue weighted by molar-refractivity contribution is 5.98. The molecule has 1 amide bonds. The van der Waals surface area contributed by atoms with Crippen molar-refractivity contribution in [3.8, 4) is 17.2 Å². The molecule has 0 saturated carbocycles. The second-order valence-electron chi connectivity index (χ2n) is 9.66. The van der Waals surface area contributed by atoms with E-state index in [2.05, 4.69) is 4.99 Å². The highest BCUT2D eigenvalue weighted by atomic mass is 16.5. The van der Waals surface area contributed by atoms with Crippen molar-refractivity contribution in [2.24, 2.45) is 4.99 Å². The largest absolute Gasteiger partial charge is 0.490 e. The van der Waals surface area contributed by atoms with Gasteiger partial charge in [-0.05, 0) is 70.9 Å². The zero-order chi connectivity index (χ0) is 31.8. The first-order chi connectivity index (χ1) is 21.3. The number of benzene rings is 1. The van der Waals surface area contributed by atoms with Crippen LogP contribution in [0.2, 0.25) is 0 Å². The van der Waals surface area contributed by atoms with Crippen LogP contribution in [0.5, 0.6) is 17.2 Å².